The number of esters is 1. The molecule has 2 aliphatic heterocycles. The van der Waals surface area contributed by atoms with Gasteiger partial charge in [-0.1, -0.05) is 133 Å². The third-order valence-electron chi connectivity index (χ3n) is 9.95. The van der Waals surface area contributed by atoms with E-state index in [1.165, 1.54) is 29.7 Å². The van der Waals surface area contributed by atoms with Gasteiger partial charge in [-0.2, -0.15) is 0 Å². The first-order valence-electron chi connectivity index (χ1n) is 25.7. The fourth-order valence-electron chi connectivity index (χ4n) is 4.95. The fourth-order valence-corrected chi connectivity index (χ4v) is 4.95. The zero-order valence-corrected chi connectivity index (χ0v) is 53.0. The molecule has 1 unspecified atom stereocenters. The maximum absolute atomic E-state index is 11.6. The van der Waals surface area contributed by atoms with Crippen molar-refractivity contribution in [2.45, 2.75) is 217 Å². The monoisotopic (exact) mass is 1110 g/mol. The molecular weight excluding hydrogens is 993 g/mol. The van der Waals surface area contributed by atoms with E-state index >= 15 is 0 Å². The molecule has 18 heteroatoms. The molecule has 78 heavy (non-hydrogen) atoms. The number of amides is 4. The highest BCUT2D eigenvalue weighted by Crippen LogP contribution is 2.24. The first-order chi connectivity index (χ1) is 33.9. The van der Waals surface area contributed by atoms with Gasteiger partial charge in [0.25, 0.3) is 23.6 Å². The number of nitrogens with one attached hydrogen (secondary N) is 1. The normalized spacial score (nSPS) is 13.7. The zero-order valence-electron chi connectivity index (χ0n) is 53.0. The number of amidine groups is 1. The molecule has 452 valence electrons. The Labute approximate surface area is 474 Å². The molecule has 0 aromatic heterocycles. The number of imide groups is 2. The number of azide groups is 1. The molecule has 0 saturated carbocycles. The lowest BCUT2D eigenvalue weighted by atomic mass is 9.87. The average Bonchev–Trinajstić information content (AvgIpc) is 3.74. The molecule has 1 N–H and O–H groups in total. The van der Waals surface area contributed by atoms with Crippen LogP contribution >= 0.6 is 0 Å². The highest BCUT2D eigenvalue weighted by molar-refractivity contribution is 6.13. The van der Waals surface area contributed by atoms with Crippen LogP contribution in [0.2, 0.25) is 0 Å². The largest absolute Gasteiger partial charge is 0.453 e. The van der Waals surface area contributed by atoms with Crippen molar-refractivity contribution < 1.29 is 52.5 Å². The maximum Gasteiger partial charge on any atom is 0.453 e. The van der Waals surface area contributed by atoms with Gasteiger partial charge in [-0.05, 0) is 107 Å². The Kier molecular flexibility index (Phi) is 41.9. The van der Waals surface area contributed by atoms with Crippen LogP contribution in [0.3, 0.4) is 0 Å². The number of Topliss-reactive ketones (excluding diaryl/α,β-unsaturated/α-hetero) is 2. The van der Waals surface area contributed by atoms with Crippen molar-refractivity contribution in [1.29, 1.82) is 0 Å². The lowest BCUT2D eigenvalue weighted by Crippen LogP contribution is -2.45. The van der Waals surface area contributed by atoms with E-state index in [4.69, 9.17) is 15.1 Å². The van der Waals surface area contributed by atoms with Gasteiger partial charge in [0.05, 0.1) is 39.0 Å². The first-order valence-corrected chi connectivity index (χ1v) is 25.7. The predicted molar refractivity (Wildman–Crippen MR) is 320 cm³/mol. The number of ether oxygens (including phenoxy) is 1. The number of hydrogen-bond acceptors (Lipinski definition) is 12. The second kappa shape index (κ2) is 38.0. The SMILES string of the molecule is C.C.CC(C)(C)N1C(=O)C=CC1=O.CC(C)(C)c1ccccc1.CC1CC(=O)N(OC(=O)C(C)(C)C)C1=O.CCC(=O)C(C)(C)C.CCC(=O)C(C)(C)C.CN(C)C(OC(=O)C(C)(C)C)=[N+](C)C.CN=[N+]=[N-].CNC(C)(C)C. The molecule has 1 saturated heterocycles. The summed E-state index contributed by atoms with van der Waals surface area (Å²) in [6.45, 7) is 46.1. The molecule has 1 fully saturated rings. The van der Waals surface area contributed by atoms with E-state index < -0.39 is 40.1 Å². The maximum atomic E-state index is 11.6. The molecule has 3 rings (SSSR count). The Morgan fingerprint density at radius 1 is 0.692 bits per heavy atom. The molecule has 4 amide bonds. The fraction of sp³-hybridized carbons (Fsp3) is 0.717. The van der Waals surface area contributed by atoms with E-state index in [9.17, 15) is 38.4 Å². The third-order valence-corrected chi connectivity index (χ3v) is 9.95. The molecule has 0 bridgehead atoms. The van der Waals surface area contributed by atoms with Gasteiger partial charge in [-0.25, -0.2) is 14.3 Å². The van der Waals surface area contributed by atoms with Gasteiger partial charge in [0, 0.05) is 71.2 Å². The summed E-state index contributed by atoms with van der Waals surface area (Å²) in [5.74, 6) is -1.89. The number of benzene rings is 1. The Balaban J connectivity index is -0.000000151. The van der Waals surface area contributed by atoms with Crippen LogP contribution in [0.5, 0.6) is 0 Å². The smallest absolute Gasteiger partial charge is 0.357 e. The molecule has 18 nitrogen and oxygen atoms in total. The molecule has 1 aromatic rings. The topological polar surface area (TPSA) is 229 Å². The molecule has 0 radical (unpaired) electrons. The lowest BCUT2D eigenvalue weighted by Gasteiger charge is -2.29. The minimum absolute atomic E-state index is 0. The van der Waals surface area contributed by atoms with Crippen LogP contribution < -0.4 is 5.32 Å². The van der Waals surface area contributed by atoms with E-state index in [0.717, 1.165) is 0 Å². The summed E-state index contributed by atoms with van der Waals surface area (Å²) in [6.07, 6.45) is 4.02. The Hall–Kier alpha value is -5.74. The quantitative estimate of drug-likeness (QED) is 0.0436. The van der Waals surface area contributed by atoms with Crippen molar-refractivity contribution >= 4 is 53.2 Å². The highest BCUT2D eigenvalue weighted by Gasteiger charge is 2.41. The lowest BCUT2D eigenvalue weighted by molar-refractivity contribution is -0.479. The zero-order chi connectivity index (χ0) is 61.8. The van der Waals surface area contributed by atoms with Gasteiger partial charge >= 0.3 is 18.0 Å². The second-order valence-corrected chi connectivity index (χ2v) is 25.4. The van der Waals surface area contributed by atoms with E-state index in [1.807, 2.05) is 132 Å². The summed E-state index contributed by atoms with van der Waals surface area (Å²) in [7, 11) is 10.7. The molecule has 0 aliphatic carbocycles. The minimum atomic E-state index is -0.730. The first kappa shape index (κ1) is 86.2. The van der Waals surface area contributed by atoms with Crippen LogP contribution in [0.4, 0.5) is 0 Å². The second-order valence-electron chi connectivity index (χ2n) is 25.4. The molecule has 1 aromatic carbocycles. The van der Waals surface area contributed by atoms with E-state index in [1.54, 1.807) is 37.2 Å². The van der Waals surface area contributed by atoms with Gasteiger partial charge in [-0.15, -0.1) is 5.06 Å². The molecule has 2 heterocycles. The Morgan fingerprint density at radius 3 is 1.21 bits per heavy atom. The third kappa shape index (κ3) is 40.5. The van der Waals surface area contributed by atoms with Crippen molar-refractivity contribution in [2.75, 3.05) is 42.3 Å². The number of nitrogens with zero attached hydrogens (tertiary/aromatic N) is 7. The average molecular weight is 1110 g/mol. The van der Waals surface area contributed by atoms with Gasteiger partial charge in [0.1, 0.15) is 11.6 Å². The van der Waals surface area contributed by atoms with Crippen LogP contribution in [0, 0.1) is 27.6 Å². The number of rotatable bonds is 3. The number of hydroxylamine groups is 2. The van der Waals surface area contributed by atoms with Gasteiger partial charge in [0.2, 0.25) is 0 Å². The van der Waals surface area contributed by atoms with Crippen molar-refractivity contribution in [3.63, 3.8) is 0 Å². The summed E-state index contributed by atoms with van der Waals surface area (Å²) in [5.41, 5.74) is 7.45. The molecular formula is C60H113N8O10+. The standard InChI is InChI=1S/C10H21N2O2.C10H15NO4.C10H14.C8H11NO2.2C7H14O.C5H13N.CH3N3.2CH4/c1-10(2,3)8(13)14-9(11(4)5)12(6)7;1-6-5-7(12)11(8(6)13)15-9(14)10(2,3)4;1-10(2,3)9-7-5-4-6-8-9;1-8(2,3)9-6(10)4-5-7(9)11;2*1-5-6(8)7(2,3)4;1-5(2,3)6-4;1-3-4-2;;/h1-7H3;6H,5H2,1-4H3;4-8H,1-3H3;4-5H,1-3H3;2*5H2,1-4H3;6H,1-4H3;1H3;2*1H4/q+1;;;;;;;;;. The Bertz CT molecular complexity index is 2060. The van der Waals surface area contributed by atoms with Crippen LogP contribution in [-0.2, 0) is 53.3 Å². The van der Waals surface area contributed by atoms with Gasteiger partial charge < -0.3 is 14.9 Å². The summed E-state index contributed by atoms with van der Waals surface area (Å²) >= 11 is 0. The van der Waals surface area contributed by atoms with Crippen LogP contribution in [0.25, 0.3) is 10.4 Å². The number of ketones is 2. The number of hydrogen-bond donors (Lipinski definition) is 1. The Morgan fingerprint density at radius 2 is 1.04 bits per heavy atom. The summed E-state index contributed by atoms with van der Waals surface area (Å²) < 4.78 is 7.03. The summed E-state index contributed by atoms with van der Waals surface area (Å²) in [5, 5.41) is 6.60. The van der Waals surface area contributed by atoms with Gasteiger partial charge in [0.15, 0.2) is 0 Å². The van der Waals surface area contributed by atoms with E-state index in [0.29, 0.717) is 46.4 Å². The van der Waals surface area contributed by atoms with Crippen LogP contribution in [0.1, 0.15) is 206 Å². The van der Waals surface area contributed by atoms with Crippen molar-refractivity contribution in [2.24, 2.45) is 32.7 Å². The van der Waals surface area contributed by atoms with Crippen molar-refractivity contribution in [1.82, 2.24) is 20.2 Å². The number of carbonyl (C=O) groups is 8. The van der Waals surface area contributed by atoms with E-state index in [-0.39, 0.29) is 49.9 Å². The predicted octanol–water partition coefficient (Wildman–Crippen LogP) is 12.6. The van der Waals surface area contributed by atoms with Crippen molar-refractivity contribution in [3.05, 3.63) is 58.5 Å². The van der Waals surface area contributed by atoms with E-state index in [2.05, 4.69) is 87.2 Å². The summed E-state index contributed by atoms with van der Waals surface area (Å²) in [6, 6.07) is 11.1. The van der Waals surface area contributed by atoms with Crippen LogP contribution in [0.15, 0.2) is 47.6 Å². The highest BCUT2D eigenvalue weighted by atomic mass is 16.7. The summed E-state index contributed by atoms with van der Waals surface area (Å²) in [4.78, 5) is 99.6. The minimum Gasteiger partial charge on any atom is -0.357 e. The van der Waals surface area contributed by atoms with Crippen LogP contribution in [-0.4, -0.2) is 126 Å². The number of carbonyl (C=O) groups excluding carboxylic acids is 8. The van der Waals surface area contributed by atoms with Gasteiger partial charge in [-0.3, -0.25) is 38.5 Å². The molecule has 1 atom stereocenters. The molecule has 2 aliphatic rings. The van der Waals surface area contributed by atoms with Crippen molar-refractivity contribution in [3.8, 4) is 0 Å². The molecule has 0 spiro atoms.